The Balaban J connectivity index is 1.37. The van der Waals surface area contributed by atoms with E-state index in [-0.39, 0.29) is 17.4 Å². The molecular formula is C23H30N4O2. The highest BCUT2D eigenvalue weighted by Gasteiger charge is 2.43. The van der Waals surface area contributed by atoms with Gasteiger partial charge >= 0.3 is 0 Å². The topological polar surface area (TPSA) is 61.6 Å². The predicted octanol–water partition coefficient (Wildman–Crippen LogP) is 2.11. The second-order valence-electron chi connectivity index (χ2n) is 9.12. The van der Waals surface area contributed by atoms with Gasteiger partial charge in [0.1, 0.15) is 0 Å². The molecule has 6 heteroatoms. The summed E-state index contributed by atoms with van der Waals surface area (Å²) in [7, 11) is 1.88. The molecule has 5 rings (SSSR count). The van der Waals surface area contributed by atoms with Crippen LogP contribution in [0.25, 0.3) is 0 Å². The Morgan fingerprint density at radius 3 is 2.97 bits per heavy atom. The van der Waals surface area contributed by atoms with Crippen molar-refractivity contribution < 1.29 is 9.90 Å². The number of fused-ring (bicyclic) bond motifs is 2. The number of rotatable bonds is 3. The Hall–Kier alpha value is -2.18. The summed E-state index contributed by atoms with van der Waals surface area (Å²) in [5.41, 5.74) is 4.56. The van der Waals surface area contributed by atoms with Crippen molar-refractivity contribution in [1.82, 2.24) is 19.6 Å². The number of aryl methyl sites for hydroxylation is 2. The van der Waals surface area contributed by atoms with Crippen molar-refractivity contribution in [3.8, 4) is 0 Å². The van der Waals surface area contributed by atoms with Crippen LogP contribution < -0.4 is 0 Å². The van der Waals surface area contributed by atoms with Gasteiger partial charge in [-0.2, -0.15) is 5.10 Å². The van der Waals surface area contributed by atoms with Crippen molar-refractivity contribution in [2.75, 3.05) is 26.2 Å². The number of aliphatic hydroxyl groups is 1. The van der Waals surface area contributed by atoms with Crippen LogP contribution in [0.4, 0.5) is 0 Å². The predicted molar refractivity (Wildman–Crippen MR) is 111 cm³/mol. The molecule has 0 radical (unpaired) electrons. The maximum absolute atomic E-state index is 13.5. The average molecular weight is 395 g/mol. The number of benzene rings is 1. The van der Waals surface area contributed by atoms with E-state index in [1.165, 1.54) is 11.1 Å². The number of aliphatic hydroxyl groups excluding tert-OH is 1. The number of nitrogens with zero attached hydrogens (tertiary/aromatic N) is 4. The van der Waals surface area contributed by atoms with Gasteiger partial charge in [-0.05, 0) is 43.2 Å². The summed E-state index contributed by atoms with van der Waals surface area (Å²) >= 11 is 0. The Kier molecular flexibility index (Phi) is 4.71. The molecule has 1 N–H and O–H groups in total. The van der Waals surface area contributed by atoms with Gasteiger partial charge in [-0.15, -0.1) is 0 Å². The van der Waals surface area contributed by atoms with E-state index in [0.29, 0.717) is 18.8 Å². The van der Waals surface area contributed by atoms with E-state index in [2.05, 4.69) is 34.3 Å². The first-order chi connectivity index (χ1) is 14.0. The summed E-state index contributed by atoms with van der Waals surface area (Å²) in [5, 5.41) is 14.4. The first-order valence-electron chi connectivity index (χ1n) is 10.8. The minimum absolute atomic E-state index is 0.0591. The van der Waals surface area contributed by atoms with Crippen molar-refractivity contribution in [3.05, 3.63) is 52.8 Å². The van der Waals surface area contributed by atoms with Crippen LogP contribution in [0.3, 0.4) is 0 Å². The van der Waals surface area contributed by atoms with E-state index in [1.54, 1.807) is 4.68 Å². The third kappa shape index (κ3) is 3.38. The molecule has 29 heavy (non-hydrogen) atoms. The lowest BCUT2D eigenvalue weighted by Gasteiger charge is -2.41. The summed E-state index contributed by atoms with van der Waals surface area (Å²) in [4.78, 5) is 17.8. The van der Waals surface area contributed by atoms with Crippen molar-refractivity contribution >= 4 is 5.91 Å². The Morgan fingerprint density at radius 1 is 1.28 bits per heavy atom. The SMILES string of the molecule is Cn1cc(CN2CCC(O)C2)c(C(=O)N2CCCC3(CCc4ccccc43)C2)n1. The molecule has 2 aromatic rings. The van der Waals surface area contributed by atoms with E-state index in [0.717, 1.165) is 57.3 Å². The number of amides is 1. The molecule has 0 bridgehead atoms. The number of β-amino-alcohol motifs (C(OH)–C–C–N with tert-alkyl or cyclic N) is 1. The number of hydrogen-bond acceptors (Lipinski definition) is 4. The van der Waals surface area contributed by atoms with Crippen molar-refractivity contribution in [1.29, 1.82) is 0 Å². The van der Waals surface area contributed by atoms with Gasteiger partial charge in [0.05, 0.1) is 6.10 Å². The second kappa shape index (κ2) is 7.26. The standard InChI is InChI=1S/C23H30N4O2/c1-25-13-18(14-26-12-8-19(28)15-26)21(24-25)22(29)27-11-4-9-23(16-27)10-7-17-5-2-3-6-20(17)23/h2-3,5-6,13,19,28H,4,7-12,14-16H2,1H3. The maximum Gasteiger partial charge on any atom is 0.274 e. The zero-order valence-corrected chi connectivity index (χ0v) is 17.2. The maximum atomic E-state index is 13.5. The Labute approximate surface area is 172 Å². The third-order valence-corrected chi connectivity index (χ3v) is 7.07. The molecular weight excluding hydrogens is 364 g/mol. The Morgan fingerprint density at radius 2 is 2.14 bits per heavy atom. The molecule has 2 aliphatic heterocycles. The van der Waals surface area contributed by atoms with Crippen LogP contribution in [0.5, 0.6) is 0 Å². The van der Waals surface area contributed by atoms with E-state index >= 15 is 0 Å². The van der Waals surface area contributed by atoms with Gasteiger partial charge in [-0.3, -0.25) is 14.4 Å². The summed E-state index contributed by atoms with van der Waals surface area (Å²) in [6, 6.07) is 8.76. The summed E-state index contributed by atoms with van der Waals surface area (Å²) in [6.07, 6.45) is 6.96. The number of carbonyl (C=O) groups is 1. The molecule has 1 aromatic carbocycles. The molecule has 3 heterocycles. The van der Waals surface area contributed by atoms with Crippen molar-refractivity contribution in [3.63, 3.8) is 0 Å². The first kappa shape index (κ1) is 18.8. The van der Waals surface area contributed by atoms with E-state index in [4.69, 9.17) is 0 Å². The molecule has 2 fully saturated rings. The van der Waals surface area contributed by atoms with Gasteiger partial charge < -0.3 is 10.0 Å². The average Bonchev–Trinajstić information content (AvgIpc) is 3.40. The highest BCUT2D eigenvalue weighted by molar-refractivity contribution is 5.94. The number of hydrogen-bond donors (Lipinski definition) is 1. The van der Waals surface area contributed by atoms with Crippen LogP contribution in [-0.2, 0) is 25.4 Å². The van der Waals surface area contributed by atoms with Gasteiger partial charge in [0.15, 0.2) is 5.69 Å². The summed E-state index contributed by atoms with van der Waals surface area (Å²) < 4.78 is 1.75. The molecule has 0 saturated carbocycles. The number of piperidine rings is 1. The van der Waals surface area contributed by atoms with Crippen LogP contribution in [0, 0.1) is 0 Å². The lowest BCUT2D eigenvalue weighted by molar-refractivity contribution is 0.0628. The summed E-state index contributed by atoms with van der Waals surface area (Å²) in [6.45, 7) is 3.82. The zero-order valence-electron chi connectivity index (χ0n) is 17.2. The fraction of sp³-hybridized carbons (Fsp3) is 0.565. The molecule has 2 unspecified atom stereocenters. The molecule has 1 amide bonds. The van der Waals surface area contributed by atoms with Gasteiger partial charge in [-0.1, -0.05) is 24.3 Å². The molecule has 154 valence electrons. The summed E-state index contributed by atoms with van der Waals surface area (Å²) in [5.74, 6) is 0.0591. The quantitative estimate of drug-likeness (QED) is 0.866. The van der Waals surface area contributed by atoms with Crippen molar-refractivity contribution in [2.45, 2.75) is 50.2 Å². The van der Waals surface area contributed by atoms with Gasteiger partial charge in [0, 0.05) is 56.9 Å². The van der Waals surface area contributed by atoms with Gasteiger partial charge in [0.2, 0.25) is 0 Å². The van der Waals surface area contributed by atoms with E-state index in [1.807, 2.05) is 18.1 Å². The highest BCUT2D eigenvalue weighted by atomic mass is 16.3. The lowest BCUT2D eigenvalue weighted by atomic mass is 9.75. The van der Waals surface area contributed by atoms with Crippen LogP contribution in [0.2, 0.25) is 0 Å². The molecule has 1 spiro atoms. The number of likely N-dealkylation sites (tertiary alicyclic amines) is 2. The van der Waals surface area contributed by atoms with Crippen LogP contribution in [0.15, 0.2) is 30.5 Å². The molecule has 6 nitrogen and oxygen atoms in total. The molecule has 1 aliphatic carbocycles. The highest BCUT2D eigenvalue weighted by Crippen LogP contribution is 2.45. The minimum Gasteiger partial charge on any atom is -0.392 e. The Bertz CT molecular complexity index is 919. The van der Waals surface area contributed by atoms with E-state index < -0.39 is 0 Å². The van der Waals surface area contributed by atoms with Crippen LogP contribution >= 0.6 is 0 Å². The lowest BCUT2D eigenvalue weighted by Crippen LogP contribution is -2.48. The smallest absolute Gasteiger partial charge is 0.274 e. The fourth-order valence-electron chi connectivity index (χ4n) is 5.67. The molecule has 2 atom stereocenters. The van der Waals surface area contributed by atoms with Crippen LogP contribution in [0.1, 0.15) is 52.9 Å². The largest absolute Gasteiger partial charge is 0.392 e. The van der Waals surface area contributed by atoms with Crippen molar-refractivity contribution in [2.24, 2.45) is 7.05 Å². The number of aromatic nitrogens is 2. The van der Waals surface area contributed by atoms with Gasteiger partial charge in [0.25, 0.3) is 5.91 Å². The third-order valence-electron chi connectivity index (χ3n) is 7.07. The zero-order chi connectivity index (χ0) is 20.0. The molecule has 2 saturated heterocycles. The van der Waals surface area contributed by atoms with Crippen LogP contribution in [-0.4, -0.2) is 62.9 Å². The van der Waals surface area contributed by atoms with Gasteiger partial charge in [-0.25, -0.2) is 0 Å². The second-order valence-corrected chi connectivity index (χ2v) is 9.12. The number of carbonyl (C=O) groups excluding carboxylic acids is 1. The monoisotopic (exact) mass is 394 g/mol. The molecule has 1 aromatic heterocycles. The minimum atomic E-state index is -0.254. The fourth-order valence-corrected chi connectivity index (χ4v) is 5.67. The molecule has 3 aliphatic rings. The normalized spacial score (nSPS) is 27.0. The first-order valence-corrected chi connectivity index (χ1v) is 10.8. The van der Waals surface area contributed by atoms with E-state index in [9.17, 15) is 9.90 Å².